The summed E-state index contributed by atoms with van der Waals surface area (Å²) in [4.78, 5) is 0. The summed E-state index contributed by atoms with van der Waals surface area (Å²) in [5, 5.41) is 3.45. The zero-order chi connectivity index (χ0) is 11.4. The Labute approximate surface area is 97.2 Å². The number of fused-ring (bicyclic) bond motifs is 1. The van der Waals surface area contributed by atoms with Crippen molar-refractivity contribution >= 4 is 0 Å². The summed E-state index contributed by atoms with van der Waals surface area (Å²) in [6.45, 7) is 5.99. The molecule has 16 heavy (non-hydrogen) atoms. The maximum Gasteiger partial charge on any atom is 0.0454 e. The fourth-order valence-corrected chi connectivity index (χ4v) is 1.91. The summed E-state index contributed by atoms with van der Waals surface area (Å²) in [6, 6.07) is 0. The lowest BCUT2D eigenvalue weighted by Crippen LogP contribution is -2.19. The monoisotopic (exact) mass is 211 g/mol. The Kier molecular flexibility index (Phi) is 3.25. The van der Waals surface area contributed by atoms with E-state index in [-0.39, 0.29) is 0 Å². The van der Waals surface area contributed by atoms with Gasteiger partial charge in [-0.1, -0.05) is 50.0 Å². The lowest BCUT2D eigenvalue weighted by Gasteiger charge is -2.21. The van der Waals surface area contributed by atoms with Crippen molar-refractivity contribution in [2.24, 2.45) is 0 Å². The standard InChI is InChI=1S/C15H17N/c1-3-7-12(4-2)15-11-10-13-8-5-6-9-14(13)16-15/h4-5,7-11,16H,2-3,6H2,1H3/b12-7+. The van der Waals surface area contributed by atoms with Crippen molar-refractivity contribution in [3.8, 4) is 0 Å². The molecule has 0 spiro atoms. The van der Waals surface area contributed by atoms with Crippen LogP contribution in [0.4, 0.5) is 0 Å². The lowest BCUT2D eigenvalue weighted by atomic mass is 9.99. The predicted octanol–water partition coefficient (Wildman–Crippen LogP) is 3.77. The number of hydrogen-bond donors (Lipinski definition) is 1. The van der Waals surface area contributed by atoms with E-state index >= 15 is 0 Å². The lowest BCUT2D eigenvalue weighted by molar-refractivity contribution is 0.965. The van der Waals surface area contributed by atoms with Gasteiger partial charge in [-0.2, -0.15) is 0 Å². The van der Waals surface area contributed by atoms with Gasteiger partial charge >= 0.3 is 0 Å². The molecule has 1 aliphatic carbocycles. The number of nitrogens with one attached hydrogen (secondary N) is 1. The zero-order valence-electron chi connectivity index (χ0n) is 9.66. The van der Waals surface area contributed by atoms with E-state index in [1.54, 1.807) is 0 Å². The minimum Gasteiger partial charge on any atom is -0.355 e. The van der Waals surface area contributed by atoms with Gasteiger partial charge in [0.05, 0.1) is 0 Å². The van der Waals surface area contributed by atoms with E-state index < -0.39 is 0 Å². The van der Waals surface area contributed by atoms with Crippen molar-refractivity contribution in [3.05, 3.63) is 71.7 Å². The second-order valence-electron chi connectivity index (χ2n) is 3.86. The van der Waals surface area contributed by atoms with Gasteiger partial charge in [-0.05, 0) is 30.1 Å². The van der Waals surface area contributed by atoms with Crippen LogP contribution in [0.3, 0.4) is 0 Å². The first kappa shape index (κ1) is 10.7. The highest BCUT2D eigenvalue weighted by Crippen LogP contribution is 2.23. The van der Waals surface area contributed by atoms with Crippen molar-refractivity contribution in [1.29, 1.82) is 0 Å². The Morgan fingerprint density at radius 3 is 3.12 bits per heavy atom. The summed E-state index contributed by atoms with van der Waals surface area (Å²) in [7, 11) is 0. The summed E-state index contributed by atoms with van der Waals surface area (Å²) in [5.74, 6) is 0. The first-order valence-corrected chi connectivity index (χ1v) is 5.74. The molecular formula is C15H17N. The summed E-state index contributed by atoms with van der Waals surface area (Å²) < 4.78 is 0. The largest absolute Gasteiger partial charge is 0.355 e. The van der Waals surface area contributed by atoms with Crippen LogP contribution in [0.15, 0.2) is 71.7 Å². The zero-order valence-corrected chi connectivity index (χ0v) is 9.66. The predicted molar refractivity (Wildman–Crippen MR) is 69.7 cm³/mol. The van der Waals surface area contributed by atoms with Gasteiger partial charge in [0.25, 0.3) is 0 Å². The average molecular weight is 211 g/mol. The fourth-order valence-electron chi connectivity index (χ4n) is 1.91. The van der Waals surface area contributed by atoms with Gasteiger partial charge in [-0.25, -0.2) is 0 Å². The minimum absolute atomic E-state index is 1.01. The fraction of sp³-hybridized carbons (Fsp3) is 0.200. The van der Waals surface area contributed by atoms with Gasteiger partial charge in [0.15, 0.2) is 0 Å². The smallest absolute Gasteiger partial charge is 0.0454 e. The molecule has 0 aromatic carbocycles. The molecule has 1 heteroatoms. The Morgan fingerprint density at radius 1 is 1.50 bits per heavy atom. The van der Waals surface area contributed by atoms with Gasteiger partial charge in [-0.3, -0.25) is 0 Å². The van der Waals surface area contributed by atoms with Crippen molar-refractivity contribution in [2.75, 3.05) is 0 Å². The van der Waals surface area contributed by atoms with Crippen LogP contribution in [-0.4, -0.2) is 0 Å². The normalized spacial score (nSPS) is 19.1. The molecule has 1 nitrogen and oxygen atoms in total. The SMILES string of the molecule is C=C/C(=C\CC)C1=CC=C2C=CCC=C2N1. The molecular weight excluding hydrogens is 194 g/mol. The van der Waals surface area contributed by atoms with Crippen LogP contribution in [0, 0.1) is 0 Å². The molecule has 0 amide bonds. The Balaban J connectivity index is 2.29. The summed E-state index contributed by atoms with van der Waals surface area (Å²) >= 11 is 0. The highest BCUT2D eigenvalue weighted by molar-refractivity contribution is 5.53. The molecule has 2 rings (SSSR count). The second-order valence-corrected chi connectivity index (χ2v) is 3.86. The third kappa shape index (κ3) is 2.08. The molecule has 0 aromatic heterocycles. The highest BCUT2D eigenvalue weighted by atomic mass is 14.9. The van der Waals surface area contributed by atoms with Crippen LogP contribution >= 0.6 is 0 Å². The molecule has 0 bridgehead atoms. The molecule has 0 atom stereocenters. The Bertz CT molecular complexity index is 442. The van der Waals surface area contributed by atoms with Crippen molar-refractivity contribution in [2.45, 2.75) is 19.8 Å². The maximum absolute atomic E-state index is 3.86. The number of hydrogen-bond acceptors (Lipinski definition) is 1. The highest BCUT2D eigenvalue weighted by Gasteiger charge is 2.12. The van der Waals surface area contributed by atoms with Gasteiger partial charge in [0.1, 0.15) is 0 Å². The first-order valence-electron chi connectivity index (χ1n) is 5.74. The van der Waals surface area contributed by atoms with Gasteiger partial charge < -0.3 is 5.32 Å². The number of rotatable bonds is 3. The van der Waals surface area contributed by atoms with Crippen LogP contribution < -0.4 is 5.32 Å². The van der Waals surface area contributed by atoms with Gasteiger partial charge in [0, 0.05) is 11.4 Å². The van der Waals surface area contributed by atoms with Gasteiger partial charge in [0.2, 0.25) is 0 Å². The van der Waals surface area contributed by atoms with Crippen molar-refractivity contribution < 1.29 is 0 Å². The van der Waals surface area contributed by atoms with E-state index in [0.29, 0.717) is 0 Å². The molecule has 0 radical (unpaired) electrons. The second kappa shape index (κ2) is 4.84. The first-order chi connectivity index (χ1) is 7.85. The average Bonchev–Trinajstić information content (AvgIpc) is 2.35. The van der Waals surface area contributed by atoms with E-state index in [1.807, 2.05) is 6.08 Å². The molecule has 0 saturated carbocycles. The molecule has 0 aromatic rings. The van der Waals surface area contributed by atoms with E-state index in [9.17, 15) is 0 Å². The summed E-state index contributed by atoms with van der Waals surface area (Å²) in [5.41, 5.74) is 4.79. The van der Waals surface area contributed by atoms with Gasteiger partial charge in [-0.15, -0.1) is 0 Å². The van der Waals surface area contributed by atoms with Crippen LogP contribution in [-0.2, 0) is 0 Å². The molecule has 1 aliphatic heterocycles. The van der Waals surface area contributed by atoms with E-state index in [1.165, 1.54) is 16.8 Å². The molecule has 0 unspecified atom stereocenters. The van der Waals surface area contributed by atoms with E-state index in [0.717, 1.165) is 18.5 Å². The van der Waals surface area contributed by atoms with Crippen molar-refractivity contribution in [1.82, 2.24) is 5.32 Å². The molecule has 0 saturated heterocycles. The Morgan fingerprint density at radius 2 is 2.38 bits per heavy atom. The maximum atomic E-state index is 3.86. The number of dihydropyridines is 1. The molecule has 82 valence electrons. The summed E-state index contributed by atoms with van der Waals surface area (Å²) in [6.07, 6.45) is 16.9. The molecule has 1 N–H and O–H groups in total. The Hall–Kier alpha value is -1.76. The number of allylic oxidation sites excluding steroid dienone is 7. The van der Waals surface area contributed by atoms with Crippen LogP contribution in [0.2, 0.25) is 0 Å². The third-order valence-corrected chi connectivity index (χ3v) is 2.72. The van der Waals surface area contributed by atoms with E-state index in [2.05, 4.69) is 55.3 Å². The molecule has 1 heterocycles. The van der Waals surface area contributed by atoms with E-state index in [4.69, 9.17) is 0 Å². The molecule has 2 aliphatic rings. The topological polar surface area (TPSA) is 12.0 Å². The quantitative estimate of drug-likeness (QED) is 0.701. The van der Waals surface area contributed by atoms with Crippen LogP contribution in [0.1, 0.15) is 19.8 Å². The molecule has 0 fully saturated rings. The van der Waals surface area contributed by atoms with Crippen molar-refractivity contribution in [3.63, 3.8) is 0 Å². The third-order valence-electron chi connectivity index (χ3n) is 2.72. The van der Waals surface area contributed by atoms with Crippen LogP contribution in [0.25, 0.3) is 0 Å². The minimum atomic E-state index is 1.01. The van der Waals surface area contributed by atoms with Crippen LogP contribution in [0.5, 0.6) is 0 Å².